The first-order valence-corrected chi connectivity index (χ1v) is 9.60. The zero-order valence-corrected chi connectivity index (χ0v) is 15.5. The molecule has 0 saturated carbocycles. The van der Waals surface area contributed by atoms with Crippen LogP contribution in [-0.4, -0.2) is 17.4 Å². The molecule has 3 aromatic carbocycles. The quantitative estimate of drug-likeness (QED) is 0.511. The van der Waals surface area contributed by atoms with Gasteiger partial charge >= 0.3 is 0 Å². The Bertz CT molecular complexity index is 1160. The van der Waals surface area contributed by atoms with Crippen molar-refractivity contribution >= 4 is 22.4 Å². The van der Waals surface area contributed by atoms with Gasteiger partial charge in [-0.3, -0.25) is 9.78 Å². The minimum Gasteiger partial charge on any atom is -0.312 e. The minimum absolute atomic E-state index is 0.159. The molecule has 1 aliphatic rings. The molecular weight excluding hydrogens is 344 g/mol. The largest absolute Gasteiger partial charge is 0.312 e. The van der Waals surface area contributed by atoms with Crippen molar-refractivity contribution in [2.75, 3.05) is 11.4 Å². The van der Waals surface area contributed by atoms with Gasteiger partial charge in [0.15, 0.2) is 0 Å². The summed E-state index contributed by atoms with van der Waals surface area (Å²) in [6.45, 7) is 0.749. The predicted octanol–water partition coefficient (Wildman–Crippen LogP) is 5.03. The van der Waals surface area contributed by atoms with Crippen LogP contribution in [-0.2, 0) is 17.6 Å². The fourth-order valence-corrected chi connectivity index (χ4v) is 4.09. The van der Waals surface area contributed by atoms with Crippen molar-refractivity contribution in [3.05, 3.63) is 96.3 Å². The number of hydrogen-bond acceptors (Lipinski definition) is 2. The molecule has 0 atom stereocenters. The lowest BCUT2D eigenvalue weighted by atomic mass is 10.0. The fraction of sp³-hybridized carbons (Fsp3) is 0.120. The number of pyridine rings is 1. The summed E-state index contributed by atoms with van der Waals surface area (Å²) in [5, 5.41) is 2.34. The van der Waals surface area contributed by atoms with E-state index in [2.05, 4.69) is 47.4 Å². The van der Waals surface area contributed by atoms with Crippen LogP contribution in [0.1, 0.15) is 11.1 Å². The van der Waals surface area contributed by atoms with E-state index >= 15 is 0 Å². The van der Waals surface area contributed by atoms with E-state index < -0.39 is 0 Å². The maximum atomic E-state index is 13.1. The standard InChI is InChI=1S/C25H20N2O/c28-25(17-21-6-3-5-19-4-1-2-7-23(19)21)27-15-12-22-16-20(8-9-24(22)27)18-10-13-26-14-11-18/h1-11,13-14,16H,12,15,17H2. The van der Waals surface area contributed by atoms with Gasteiger partial charge in [0.05, 0.1) is 6.42 Å². The summed E-state index contributed by atoms with van der Waals surface area (Å²) < 4.78 is 0. The van der Waals surface area contributed by atoms with Gasteiger partial charge in [-0.05, 0) is 63.7 Å². The van der Waals surface area contributed by atoms with Gasteiger partial charge in [-0.1, -0.05) is 48.5 Å². The van der Waals surface area contributed by atoms with Crippen molar-refractivity contribution in [2.24, 2.45) is 0 Å². The molecule has 0 spiro atoms. The monoisotopic (exact) mass is 364 g/mol. The highest BCUT2D eigenvalue weighted by Gasteiger charge is 2.25. The van der Waals surface area contributed by atoms with E-state index in [9.17, 15) is 4.79 Å². The van der Waals surface area contributed by atoms with Gasteiger partial charge in [-0.15, -0.1) is 0 Å². The van der Waals surface area contributed by atoms with Crippen LogP contribution >= 0.6 is 0 Å². The Morgan fingerprint density at radius 3 is 2.61 bits per heavy atom. The zero-order valence-electron chi connectivity index (χ0n) is 15.5. The van der Waals surface area contributed by atoms with Crippen LogP contribution in [0.25, 0.3) is 21.9 Å². The number of aromatic nitrogens is 1. The summed E-state index contributed by atoms with van der Waals surface area (Å²) in [5.41, 5.74) is 5.69. The Balaban J connectivity index is 1.42. The highest BCUT2D eigenvalue weighted by molar-refractivity contribution is 5.99. The molecule has 0 radical (unpaired) electrons. The Morgan fingerprint density at radius 1 is 0.893 bits per heavy atom. The number of benzene rings is 3. The number of carbonyl (C=O) groups excluding carboxylic acids is 1. The molecule has 0 unspecified atom stereocenters. The van der Waals surface area contributed by atoms with Crippen LogP contribution in [0.3, 0.4) is 0 Å². The van der Waals surface area contributed by atoms with Gasteiger partial charge in [-0.2, -0.15) is 0 Å². The van der Waals surface area contributed by atoms with Crippen LogP contribution in [0.5, 0.6) is 0 Å². The third kappa shape index (κ3) is 2.95. The molecule has 1 aliphatic heterocycles. The first-order valence-electron chi connectivity index (χ1n) is 9.60. The number of rotatable bonds is 3. The van der Waals surface area contributed by atoms with Crippen molar-refractivity contribution < 1.29 is 4.79 Å². The Labute approximate surface area is 164 Å². The van der Waals surface area contributed by atoms with Crippen LogP contribution in [0.2, 0.25) is 0 Å². The topological polar surface area (TPSA) is 33.2 Å². The number of amides is 1. The summed E-state index contributed by atoms with van der Waals surface area (Å²) >= 11 is 0. The normalized spacial score (nSPS) is 12.9. The maximum Gasteiger partial charge on any atom is 0.231 e. The molecular formula is C25H20N2O. The lowest BCUT2D eigenvalue weighted by Crippen LogP contribution is -2.30. The van der Waals surface area contributed by atoms with E-state index in [4.69, 9.17) is 0 Å². The van der Waals surface area contributed by atoms with Gasteiger partial charge < -0.3 is 4.90 Å². The van der Waals surface area contributed by atoms with Gasteiger partial charge in [0.2, 0.25) is 5.91 Å². The molecule has 3 nitrogen and oxygen atoms in total. The SMILES string of the molecule is O=C(Cc1cccc2ccccc12)N1CCc2cc(-c3ccncc3)ccc21. The molecule has 3 heteroatoms. The Kier molecular flexibility index (Phi) is 4.13. The van der Waals surface area contributed by atoms with E-state index in [1.54, 1.807) is 0 Å². The zero-order chi connectivity index (χ0) is 18.9. The first kappa shape index (κ1) is 16.7. The highest BCUT2D eigenvalue weighted by Crippen LogP contribution is 2.33. The predicted molar refractivity (Wildman–Crippen MR) is 113 cm³/mol. The molecule has 0 saturated heterocycles. The number of fused-ring (bicyclic) bond motifs is 2. The van der Waals surface area contributed by atoms with E-state index in [0.717, 1.165) is 35.2 Å². The summed E-state index contributed by atoms with van der Waals surface area (Å²) in [6, 6.07) is 24.8. The molecule has 0 aliphatic carbocycles. The third-order valence-electron chi connectivity index (χ3n) is 5.51. The van der Waals surface area contributed by atoms with Crippen molar-refractivity contribution in [3.63, 3.8) is 0 Å². The number of hydrogen-bond donors (Lipinski definition) is 0. The molecule has 1 amide bonds. The average molecular weight is 364 g/mol. The molecule has 0 N–H and O–H groups in total. The maximum absolute atomic E-state index is 13.1. The Morgan fingerprint density at radius 2 is 1.71 bits per heavy atom. The molecule has 136 valence electrons. The number of carbonyl (C=O) groups is 1. The summed E-state index contributed by atoms with van der Waals surface area (Å²) in [6.07, 6.45) is 4.94. The van der Waals surface area contributed by atoms with Crippen LogP contribution in [0.4, 0.5) is 5.69 Å². The van der Waals surface area contributed by atoms with Crippen molar-refractivity contribution in [2.45, 2.75) is 12.8 Å². The van der Waals surface area contributed by atoms with Crippen LogP contribution < -0.4 is 4.90 Å². The first-order chi connectivity index (χ1) is 13.8. The van der Waals surface area contributed by atoms with Crippen LogP contribution in [0.15, 0.2) is 85.2 Å². The van der Waals surface area contributed by atoms with Gasteiger partial charge in [0, 0.05) is 24.6 Å². The molecule has 0 fully saturated rings. The molecule has 28 heavy (non-hydrogen) atoms. The minimum atomic E-state index is 0.159. The van der Waals surface area contributed by atoms with E-state index in [0.29, 0.717) is 6.42 Å². The second-order valence-corrected chi connectivity index (χ2v) is 7.19. The average Bonchev–Trinajstić information content (AvgIpc) is 3.18. The van der Waals surface area contributed by atoms with Crippen molar-refractivity contribution in [1.29, 1.82) is 0 Å². The summed E-state index contributed by atoms with van der Waals surface area (Å²) in [4.78, 5) is 19.1. The summed E-state index contributed by atoms with van der Waals surface area (Å²) in [7, 11) is 0. The number of anilines is 1. The third-order valence-corrected chi connectivity index (χ3v) is 5.51. The molecule has 5 rings (SSSR count). The highest BCUT2D eigenvalue weighted by atomic mass is 16.2. The van der Waals surface area contributed by atoms with Crippen molar-refractivity contribution in [1.82, 2.24) is 4.98 Å². The summed E-state index contributed by atoms with van der Waals surface area (Å²) in [5.74, 6) is 0.159. The van der Waals surface area contributed by atoms with E-state index in [1.165, 1.54) is 16.5 Å². The molecule has 2 heterocycles. The van der Waals surface area contributed by atoms with Gasteiger partial charge in [0.25, 0.3) is 0 Å². The second-order valence-electron chi connectivity index (χ2n) is 7.19. The smallest absolute Gasteiger partial charge is 0.231 e. The van der Waals surface area contributed by atoms with Gasteiger partial charge in [-0.25, -0.2) is 0 Å². The van der Waals surface area contributed by atoms with Crippen LogP contribution in [0, 0.1) is 0 Å². The van der Waals surface area contributed by atoms with Gasteiger partial charge in [0.1, 0.15) is 0 Å². The Hall–Kier alpha value is -3.46. The van der Waals surface area contributed by atoms with Crippen molar-refractivity contribution in [3.8, 4) is 11.1 Å². The second kappa shape index (κ2) is 6.93. The molecule has 4 aromatic rings. The molecule has 1 aromatic heterocycles. The lowest BCUT2D eigenvalue weighted by molar-refractivity contribution is -0.117. The van der Waals surface area contributed by atoms with E-state index in [1.807, 2.05) is 47.6 Å². The lowest BCUT2D eigenvalue weighted by Gasteiger charge is -2.18. The van der Waals surface area contributed by atoms with E-state index in [-0.39, 0.29) is 5.91 Å². The number of nitrogens with zero attached hydrogens (tertiary/aromatic N) is 2. The molecule has 0 bridgehead atoms. The fourth-order valence-electron chi connectivity index (χ4n) is 4.09.